The molecule has 1 saturated carbocycles. The number of hydrogen-bond acceptors (Lipinski definition) is 4. The number of allylic oxidation sites excluding steroid dienone is 2. The molecule has 2 aromatic carbocycles. The molecule has 0 radical (unpaired) electrons. The number of halogens is 1. The molecule has 4 amide bonds. The number of likely N-dealkylation sites (tertiary alicyclic amines) is 1. The van der Waals surface area contributed by atoms with Crippen LogP contribution in [0.3, 0.4) is 0 Å². The van der Waals surface area contributed by atoms with Crippen molar-refractivity contribution < 1.29 is 19.2 Å². The van der Waals surface area contributed by atoms with E-state index in [1.54, 1.807) is 11.0 Å². The van der Waals surface area contributed by atoms with Crippen LogP contribution in [0.25, 0.3) is 0 Å². The zero-order valence-electron chi connectivity index (χ0n) is 22.6. The molecule has 40 heavy (non-hydrogen) atoms. The first-order valence-electron chi connectivity index (χ1n) is 14.3. The highest BCUT2D eigenvalue weighted by Crippen LogP contribution is 2.35. The first kappa shape index (κ1) is 28.1. The number of rotatable bonds is 10. The van der Waals surface area contributed by atoms with Crippen LogP contribution >= 0.6 is 11.6 Å². The summed E-state index contributed by atoms with van der Waals surface area (Å²) in [5, 5.41) is 3.70. The van der Waals surface area contributed by atoms with Gasteiger partial charge >= 0.3 is 0 Å². The zero-order chi connectivity index (χ0) is 28.1. The molecule has 1 aliphatic heterocycles. The Labute approximate surface area is 240 Å². The lowest BCUT2D eigenvalue weighted by Crippen LogP contribution is -2.52. The van der Waals surface area contributed by atoms with Gasteiger partial charge in [-0.1, -0.05) is 85.1 Å². The van der Waals surface area contributed by atoms with E-state index in [-0.39, 0.29) is 61.0 Å². The summed E-state index contributed by atoms with van der Waals surface area (Å²) in [5.74, 6) is -1.57. The Bertz CT molecular complexity index is 1250. The van der Waals surface area contributed by atoms with Crippen molar-refractivity contribution >= 4 is 35.2 Å². The quantitative estimate of drug-likeness (QED) is 0.337. The molecule has 210 valence electrons. The number of carbonyl (C=O) groups is 4. The first-order chi connectivity index (χ1) is 19.4. The number of imide groups is 1. The van der Waals surface area contributed by atoms with Gasteiger partial charge in [-0.2, -0.15) is 0 Å². The Morgan fingerprint density at radius 2 is 1.55 bits per heavy atom. The van der Waals surface area contributed by atoms with Gasteiger partial charge in [-0.25, -0.2) is 0 Å². The summed E-state index contributed by atoms with van der Waals surface area (Å²) >= 11 is 6.50. The third-order valence-electron chi connectivity index (χ3n) is 8.42. The standard InChI is InChI=1S/C32H36ClN3O4/c33-27-17-9-4-12-23(27)21-36(29(37)18-19-35-31(39)25-15-7-8-16-26(25)32(35)40)28(20-22-10-2-1-3-11-22)30(38)34-24-13-5-6-14-24/h1-4,7-12,17,24-26,28H,5-6,13-16,18-21H2,(H,34,38)/t25-,26+,28?. The van der Waals surface area contributed by atoms with Crippen LogP contribution in [0.15, 0.2) is 66.7 Å². The van der Waals surface area contributed by atoms with E-state index in [1.165, 1.54) is 4.90 Å². The third-order valence-corrected chi connectivity index (χ3v) is 8.79. The van der Waals surface area contributed by atoms with Crippen LogP contribution in [-0.2, 0) is 32.1 Å². The molecule has 0 spiro atoms. The van der Waals surface area contributed by atoms with Crippen molar-refractivity contribution in [3.05, 3.63) is 82.9 Å². The van der Waals surface area contributed by atoms with Crippen LogP contribution in [0.5, 0.6) is 0 Å². The van der Waals surface area contributed by atoms with Crippen molar-refractivity contribution in [1.29, 1.82) is 0 Å². The number of amides is 4. The summed E-state index contributed by atoms with van der Waals surface area (Å²) in [6.07, 6.45) is 9.30. The summed E-state index contributed by atoms with van der Waals surface area (Å²) in [7, 11) is 0. The Hall–Kier alpha value is -3.45. The fraction of sp³-hybridized carbons (Fsp3) is 0.438. The minimum atomic E-state index is -0.775. The predicted molar refractivity (Wildman–Crippen MR) is 153 cm³/mol. The van der Waals surface area contributed by atoms with Crippen LogP contribution in [0.1, 0.15) is 56.1 Å². The predicted octanol–water partition coefficient (Wildman–Crippen LogP) is 4.68. The zero-order valence-corrected chi connectivity index (χ0v) is 23.4. The molecule has 3 aliphatic rings. The Balaban J connectivity index is 1.39. The lowest BCUT2D eigenvalue weighted by atomic mass is 9.85. The maximum absolute atomic E-state index is 14.0. The molecule has 0 bridgehead atoms. The number of benzene rings is 2. The molecule has 2 aromatic rings. The summed E-state index contributed by atoms with van der Waals surface area (Å²) in [4.78, 5) is 56.6. The van der Waals surface area contributed by atoms with Crippen LogP contribution in [0.4, 0.5) is 0 Å². The molecule has 5 rings (SSSR count). The number of fused-ring (bicyclic) bond motifs is 1. The normalized spacial score (nSPS) is 21.4. The second-order valence-corrected chi connectivity index (χ2v) is 11.4. The average molecular weight is 562 g/mol. The largest absolute Gasteiger partial charge is 0.352 e. The molecule has 2 fully saturated rings. The third kappa shape index (κ3) is 6.30. The number of hydrogen-bond donors (Lipinski definition) is 1. The van der Waals surface area contributed by atoms with Crippen molar-refractivity contribution in [2.45, 2.75) is 70.0 Å². The van der Waals surface area contributed by atoms with E-state index in [1.807, 2.05) is 60.7 Å². The Morgan fingerprint density at radius 3 is 2.20 bits per heavy atom. The number of nitrogens with one attached hydrogen (secondary N) is 1. The first-order valence-corrected chi connectivity index (χ1v) is 14.7. The summed E-state index contributed by atoms with van der Waals surface area (Å²) in [5.41, 5.74) is 1.67. The highest BCUT2D eigenvalue weighted by molar-refractivity contribution is 6.31. The highest BCUT2D eigenvalue weighted by Gasteiger charge is 2.47. The van der Waals surface area contributed by atoms with Gasteiger partial charge < -0.3 is 10.2 Å². The summed E-state index contributed by atoms with van der Waals surface area (Å²) < 4.78 is 0. The van der Waals surface area contributed by atoms with Crippen molar-refractivity contribution in [3.8, 4) is 0 Å². The fourth-order valence-electron chi connectivity index (χ4n) is 6.17. The molecule has 7 nitrogen and oxygen atoms in total. The van der Waals surface area contributed by atoms with E-state index < -0.39 is 6.04 Å². The van der Waals surface area contributed by atoms with Gasteiger partial charge in [0.15, 0.2) is 0 Å². The minimum absolute atomic E-state index is 0.00478. The van der Waals surface area contributed by atoms with Gasteiger partial charge in [-0.3, -0.25) is 24.1 Å². The van der Waals surface area contributed by atoms with E-state index in [2.05, 4.69) is 5.32 Å². The molecule has 1 N–H and O–H groups in total. The minimum Gasteiger partial charge on any atom is -0.352 e. The lowest BCUT2D eigenvalue weighted by Gasteiger charge is -2.33. The maximum Gasteiger partial charge on any atom is 0.243 e. The molecule has 8 heteroatoms. The SMILES string of the molecule is O=C(NC1CCCC1)C(Cc1ccccc1)N(Cc1ccccc1Cl)C(=O)CCN1C(=O)[C@H]2CC=CC[C@H]2C1=O. The van der Waals surface area contributed by atoms with Crippen molar-refractivity contribution in [1.82, 2.24) is 15.1 Å². The average Bonchev–Trinajstić information content (AvgIpc) is 3.57. The van der Waals surface area contributed by atoms with Crippen LogP contribution in [-0.4, -0.2) is 52.1 Å². The Morgan fingerprint density at radius 1 is 0.925 bits per heavy atom. The second-order valence-electron chi connectivity index (χ2n) is 11.0. The number of nitrogens with zero attached hydrogens (tertiary/aromatic N) is 2. The highest BCUT2D eigenvalue weighted by atomic mass is 35.5. The smallest absolute Gasteiger partial charge is 0.243 e. The maximum atomic E-state index is 14.0. The van der Waals surface area contributed by atoms with Gasteiger partial charge in [-0.05, 0) is 42.9 Å². The molecule has 1 heterocycles. The van der Waals surface area contributed by atoms with Gasteiger partial charge in [0.1, 0.15) is 6.04 Å². The van der Waals surface area contributed by atoms with E-state index in [9.17, 15) is 19.2 Å². The van der Waals surface area contributed by atoms with Gasteiger partial charge in [-0.15, -0.1) is 0 Å². The van der Waals surface area contributed by atoms with Gasteiger partial charge in [0.25, 0.3) is 0 Å². The van der Waals surface area contributed by atoms with E-state index in [4.69, 9.17) is 11.6 Å². The van der Waals surface area contributed by atoms with Gasteiger partial charge in [0.05, 0.1) is 11.8 Å². The molecule has 0 aromatic heterocycles. The molecule has 1 unspecified atom stereocenters. The van der Waals surface area contributed by atoms with Crippen molar-refractivity contribution in [3.63, 3.8) is 0 Å². The second kappa shape index (κ2) is 12.8. The molecular formula is C32H36ClN3O4. The Kier molecular flexibility index (Phi) is 9.00. The van der Waals surface area contributed by atoms with E-state index in [0.29, 0.717) is 24.3 Å². The van der Waals surface area contributed by atoms with Gasteiger partial charge in [0.2, 0.25) is 23.6 Å². The lowest BCUT2D eigenvalue weighted by molar-refractivity contribution is -0.144. The number of carbonyl (C=O) groups excluding carboxylic acids is 4. The van der Waals surface area contributed by atoms with Crippen LogP contribution < -0.4 is 5.32 Å². The monoisotopic (exact) mass is 561 g/mol. The molecule has 1 saturated heterocycles. The fourth-order valence-corrected chi connectivity index (χ4v) is 6.37. The van der Waals surface area contributed by atoms with E-state index in [0.717, 1.165) is 36.8 Å². The van der Waals surface area contributed by atoms with Crippen LogP contribution in [0, 0.1) is 11.8 Å². The van der Waals surface area contributed by atoms with Crippen molar-refractivity contribution in [2.24, 2.45) is 11.8 Å². The van der Waals surface area contributed by atoms with Crippen molar-refractivity contribution in [2.75, 3.05) is 6.54 Å². The molecule has 2 aliphatic carbocycles. The molecule has 3 atom stereocenters. The van der Waals surface area contributed by atoms with E-state index >= 15 is 0 Å². The topological polar surface area (TPSA) is 86.8 Å². The summed E-state index contributed by atoms with van der Waals surface area (Å²) in [6.45, 7) is 0.149. The van der Waals surface area contributed by atoms with Crippen LogP contribution in [0.2, 0.25) is 5.02 Å². The molecular weight excluding hydrogens is 526 g/mol. The van der Waals surface area contributed by atoms with Gasteiger partial charge in [0, 0.05) is 37.0 Å². The summed E-state index contributed by atoms with van der Waals surface area (Å²) in [6, 6.07) is 16.3.